The van der Waals surface area contributed by atoms with Crippen molar-refractivity contribution in [2.75, 3.05) is 24.1 Å². The minimum absolute atomic E-state index is 0.0399. The number of halogens is 3. The fourth-order valence-corrected chi connectivity index (χ4v) is 4.21. The van der Waals surface area contributed by atoms with Gasteiger partial charge >= 0.3 is 0 Å². The second kappa shape index (κ2) is 11.4. The van der Waals surface area contributed by atoms with Gasteiger partial charge < -0.3 is 14.5 Å². The SMILES string of the molecule is C[C@H](Cc1ccc(Nc2ncc(CNS(C)(=O)=O)o2)cc1)c1cc(Cl)c(OCCCl)c(Cl)c1. The molecule has 1 aromatic heterocycles. The molecular formula is C22H24Cl3N3O4S. The van der Waals surface area contributed by atoms with E-state index in [-0.39, 0.29) is 18.5 Å². The quantitative estimate of drug-likeness (QED) is 0.306. The van der Waals surface area contributed by atoms with Crippen LogP contribution in [0.25, 0.3) is 0 Å². The van der Waals surface area contributed by atoms with Gasteiger partial charge in [-0.1, -0.05) is 42.3 Å². The van der Waals surface area contributed by atoms with Gasteiger partial charge in [-0.15, -0.1) is 11.6 Å². The monoisotopic (exact) mass is 531 g/mol. The fourth-order valence-electron chi connectivity index (χ4n) is 3.11. The molecule has 0 saturated carbocycles. The molecule has 0 radical (unpaired) electrons. The van der Waals surface area contributed by atoms with Gasteiger partial charge in [0.15, 0.2) is 5.75 Å². The van der Waals surface area contributed by atoms with Crippen LogP contribution >= 0.6 is 34.8 Å². The highest BCUT2D eigenvalue weighted by Crippen LogP contribution is 2.37. The molecule has 0 spiro atoms. The Labute approximate surface area is 208 Å². The molecular weight excluding hydrogens is 509 g/mol. The van der Waals surface area contributed by atoms with Crippen LogP contribution in [0.1, 0.15) is 29.7 Å². The van der Waals surface area contributed by atoms with Gasteiger partial charge in [0.05, 0.1) is 34.9 Å². The van der Waals surface area contributed by atoms with E-state index >= 15 is 0 Å². The van der Waals surface area contributed by atoms with Crippen molar-refractivity contribution in [1.82, 2.24) is 9.71 Å². The number of rotatable bonds is 11. The highest BCUT2D eigenvalue weighted by Gasteiger charge is 2.14. The number of benzene rings is 2. The molecule has 1 heterocycles. The lowest BCUT2D eigenvalue weighted by Crippen LogP contribution is -2.20. The van der Waals surface area contributed by atoms with E-state index in [1.807, 2.05) is 36.4 Å². The minimum Gasteiger partial charge on any atom is -0.489 e. The molecule has 0 fully saturated rings. The molecule has 11 heteroatoms. The van der Waals surface area contributed by atoms with E-state index in [1.165, 1.54) is 6.20 Å². The third-order valence-electron chi connectivity index (χ3n) is 4.72. The summed E-state index contributed by atoms with van der Waals surface area (Å²) in [6, 6.07) is 11.9. The van der Waals surface area contributed by atoms with Gasteiger partial charge in [-0.05, 0) is 47.7 Å². The smallest absolute Gasteiger partial charge is 0.299 e. The molecule has 2 aromatic carbocycles. The Kier molecular flexibility index (Phi) is 8.89. The number of sulfonamides is 1. The molecule has 0 aliphatic rings. The average molecular weight is 533 g/mol. The Balaban J connectivity index is 1.60. The standard InChI is InChI=1S/C22H24Cl3N3O4S/c1-14(16-10-19(24)21(20(25)11-16)31-8-7-23)9-15-3-5-17(6-4-15)28-22-26-12-18(32-22)13-27-33(2,29)30/h3-6,10-12,14,27H,7-9,13H2,1-2H3,(H,26,28)/t14-/m1/s1. The maximum atomic E-state index is 11.2. The van der Waals surface area contributed by atoms with Gasteiger partial charge in [-0.3, -0.25) is 0 Å². The van der Waals surface area contributed by atoms with Crippen molar-refractivity contribution in [3.63, 3.8) is 0 Å². The molecule has 1 atom stereocenters. The molecule has 0 aliphatic carbocycles. The summed E-state index contributed by atoms with van der Waals surface area (Å²) in [4.78, 5) is 4.11. The number of aromatic nitrogens is 1. The topological polar surface area (TPSA) is 93.5 Å². The zero-order chi connectivity index (χ0) is 24.0. The van der Waals surface area contributed by atoms with E-state index in [4.69, 9.17) is 44.0 Å². The van der Waals surface area contributed by atoms with Gasteiger partial charge in [0.2, 0.25) is 10.0 Å². The maximum Gasteiger partial charge on any atom is 0.299 e. The van der Waals surface area contributed by atoms with Crippen molar-refractivity contribution >= 4 is 56.5 Å². The predicted octanol–water partition coefficient (Wildman–Crippen LogP) is 5.74. The highest BCUT2D eigenvalue weighted by molar-refractivity contribution is 7.88. The molecule has 0 saturated heterocycles. The van der Waals surface area contributed by atoms with Crippen molar-refractivity contribution in [1.29, 1.82) is 0 Å². The molecule has 33 heavy (non-hydrogen) atoms. The van der Waals surface area contributed by atoms with Crippen LogP contribution in [0.3, 0.4) is 0 Å². The van der Waals surface area contributed by atoms with Gasteiger partial charge in [-0.2, -0.15) is 0 Å². The van der Waals surface area contributed by atoms with Crippen LogP contribution < -0.4 is 14.8 Å². The normalized spacial score (nSPS) is 12.5. The van der Waals surface area contributed by atoms with Crippen LogP contribution in [0, 0.1) is 0 Å². The summed E-state index contributed by atoms with van der Waals surface area (Å²) in [5.41, 5.74) is 2.94. The first-order valence-corrected chi connectivity index (χ1v) is 13.3. The lowest BCUT2D eigenvalue weighted by Gasteiger charge is -2.16. The lowest BCUT2D eigenvalue weighted by atomic mass is 9.93. The van der Waals surface area contributed by atoms with Gasteiger partial charge in [0.1, 0.15) is 12.4 Å². The maximum absolute atomic E-state index is 11.2. The fraction of sp³-hybridized carbons (Fsp3) is 0.318. The molecule has 178 valence electrons. The van der Waals surface area contributed by atoms with Crippen LogP contribution in [0.15, 0.2) is 47.0 Å². The Bertz CT molecular complexity index is 1160. The molecule has 0 aliphatic heterocycles. The van der Waals surface area contributed by atoms with Crippen molar-refractivity contribution in [2.45, 2.75) is 25.8 Å². The third-order valence-corrected chi connectivity index (χ3v) is 6.11. The second-order valence-corrected chi connectivity index (χ2v) is 10.5. The van der Waals surface area contributed by atoms with E-state index in [2.05, 4.69) is 21.9 Å². The molecule has 0 bridgehead atoms. The van der Waals surface area contributed by atoms with Crippen molar-refractivity contribution in [2.24, 2.45) is 0 Å². The van der Waals surface area contributed by atoms with Gasteiger partial charge in [-0.25, -0.2) is 18.1 Å². The number of hydrogen-bond acceptors (Lipinski definition) is 6. The molecule has 3 rings (SSSR count). The highest BCUT2D eigenvalue weighted by atomic mass is 35.5. The van der Waals surface area contributed by atoms with Crippen molar-refractivity contribution in [3.8, 4) is 5.75 Å². The first-order chi connectivity index (χ1) is 15.6. The average Bonchev–Trinajstić information content (AvgIpc) is 3.20. The van der Waals surface area contributed by atoms with E-state index in [0.29, 0.717) is 34.0 Å². The summed E-state index contributed by atoms with van der Waals surface area (Å²) in [5, 5.41) is 3.99. The lowest BCUT2D eigenvalue weighted by molar-refractivity contribution is 0.343. The summed E-state index contributed by atoms with van der Waals surface area (Å²) in [7, 11) is -3.30. The van der Waals surface area contributed by atoms with E-state index in [1.54, 1.807) is 0 Å². The molecule has 3 aromatic rings. The number of ether oxygens (including phenoxy) is 1. The van der Waals surface area contributed by atoms with Crippen molar-refractivity contribution in [3.05, 3.63) is 69.5 Å². The Morgan fingerprint density at radius 1 is 1.15 bits per heavy atom. The van der Waals surface area contributed by atoms with Crippen LogP contribution in [0.2, 0.25) is 10.0 Å². The number of hydrogen-bond donors (Lipinski definition) is 2. The summed E-state index contributed by atoms with van der Waals surface area (Å²) >= 11 is 18.4. The Morgan fingerprint density at radius 2 is 1.82 bits per heavy atom. The van der Waals surface area contributed by atoms with Gasteiger partial charge in [0, 0.05) is 5.69 Å². The summed E-state index contributed by atoms with van der Waals surface area (Å²) in [6.07, 6.45) is 3.34. The third kappa shape index (κ3) is 7.79. The Morgan fingerprint density at radius 3 is 2.42 bits per heavy atom. The second-order valence-electron chi connectivity index (χ2n) is 7.50. The molecule has 0 amide bonds. The van der Waals surface area contributed by atoms with Crippen LogP contribution in [0.5, 0.6) is 5.75 Å². The zero-order valence-corrected chi connectivity index (χ0v) is 21.2. The van der Waals surface area contributed by atoms with E-state index < -0.39 is 10.0 Å². The first-order valence-electron chi connectivity index (χ1n) is 10.1. The zero-order valence-electron chi connectivity index (χ0n) is 18.1. The summed E-state index contributed by atoms with van der Waals surface area (Å²) in [6.45, 7) is 2.48. The number of oxazole rings is 1. The minimum atomic E-state index is -3.30. The van der Waals surface area contributed by atoms with E-state index in [9.17, 15) is 8.42 Å². The summed E-state index contributed by atoms with van der Waals surface area (Å²) < 4.78 is 35.7. The number of alkyl halides is 1. The molecule has 0 unspecified atom stereocenters. The van der Waals surface area contributed by atoms with Crippen LogP contribution in [-0.2, 0) is 23.0 Å². The van der Waals surface area contributed by atoms with Crippen molar-refractivity contribution < 1.29 is 17.6 Å². The van der Waals surface area contributed by atoms with Gasteiger partial charge in [0.25, 0.3) is 6.01 Å². The number of anilines is 2. The van der Waals surface area contributed by atoms with Crippen LogP contribution in [0.4, 0.5) is 11.7 Å². The number of nitrogens with zero attached hydrogens (tertiary/aromatic N) is 1. The Hall–Kier alpha value is -1.97. The van der Waals surface area contributed by atoms with E-state index in [0.717, 1.165) is 29.5 Å². The predicted molar refractivity (Wildman–Crippen MR) is 133 cm³/mol. The molecule has 2 N–H and O–H groups in total. The first kappa shape index (κ1) is 25.6. The molecule has 7 nitrogen and oxygen atoms in total. The summed E-state index contributed by atoms with van der Waals surface area (Å²) in [5.74, 6) is 1.39. The van der Waals surface area contributed by atoms with Crippen LogP contribution in [-0.4, -0.2) is 32.1 Å². The largest absolute Gasteiger partial charge is 0.489 e. The number of nitrogens with one attached hydrogen (secondary N) is 2.